The second-order valence-electron chi connectivity index (χ2n) is 18.4. The van der Waals surface area contributed by atoms with Crippen LogP contribution in [0.4, 0.5) is 0 Å². The molecule has 0 saturated heterocycles. The Morgan fingerprint density at radius 2 is 0.833 bits per heavy atom. The lowest BCUT2D eigenvalue weighted by Crippen LogP contribution is -2.55. The van der Waals surface area contributed by atoms with E-state index in [0.717, 1.165) is 51.4 Å². The molecule has 0 aliphatic heterocycles. The van der Waals surface area contributed by atoms with Gasteiger partial charge in [-0.3, -0.25) is 9.59 Å². The minimum absolute atomic E-state index is 0.0364. The average Bonchev–Trinajstić information content (AvgIpc) is 3.21. The molecule has 0 aromatic heterocycles. The molecule has 8 heteroatoms. The van der Waals surface area contributed by atoms with Crippen LogP contribution in [0.15, 0.2) is 24.3 Å². The Morgan fingerprint density at radius 1 is 0.483 bits per heavy atom. The molecule has 0 fully saturated rings. The van der Waals surface area contributed by atoms with Crippen LogP contribution in [0.1, 0.15) is 239 Å². The van der Waals surface area contributed by atoms with E-state index in [1.807, 2.05) is 0 Å². The monoisotopic (exact) mass is 848 g/mol. The number of esters is 2. The van der Waals surface area contributed by atoms with Gasteiger partial charge in [0.15, 0.2) is 6.10 Å². The molecule has 0 bridgehead atoms. The summed E-state index contributed by atoms with van der Waals surface area (Å²) in [5.74, 6) is -1.75. The van der Waals surface area contributed by atoms with E-state index in [4.69, 9.17) is 14.2 Å². The number of likely N-dealkylation sites (N-methyl/N-ethyl adjacent to an activating group) is 1. The number of carboxylic acids is 1. The summed E-state index contributed by atoms with van der Waals surface area (Å²) in [6, 6.07) is -0.727. The van der Waals surface area contributed by atoms with E-state index in [0.29, 0.717) is 12.8 Å². The molecule has 0 aliphatic rings. The number of rotatable bonds is 46. The molecule has 0 heterocycles. The average molecular weight is 848 g/mol. The standard InChI is InChI=1S/C52H97NO7/c1-6-8-10-12-14-16-18-20-22-23-24-25-26-27-28-29-31-32-34-36-38-40-42-50(54)59-47-48(46-58-45-44-49(52(56)57)53(3,4)5)60-51(55)43-41-39-37-35-33-30-21-19-17-15-13-11-9-7-2/h26-27,30,33,48-49H,6-25,28-29,31-32,34-47H2,1-5H3/b27-26+,33-30+. The molecule has 8 nitrogen and oxygen atoms in total. The van der Waals surface area contributed by atoms with Gasteiger partial charge in [-0.1, -0.05) is 179 Å². The maximum atomic E-state index is 12.7. The highest BCUT2D eigenvalue weighted by molar-refractivity contribution is 5.70. The van der Waals surface area contributed by atoms with Gasteiger partial charge in [-0.15, -0.1) is 0 Å². The number of unbranched alkanes of at least 4 members (excludes halogenated alkanes) is 28. The maximum Gasteiger partial charge on any atom is 0.306 e. The number of allylic oxidation sites excluding steroid dienone is 4. The Bertz CT molecular complexity index is 1040. The summed E-state index contributed by atoms with van der Waals surface area (Å²) in [6.45, 7) is 4.67. The second-order valence-corrected chi connectivity index (χ2v) is 18.4. The van der Waals surface area contributed by atoms with Gasteiger partial charge in [0.05, 0.1) is 40.3 Å². The fourth-order valence-corrected chi connectivity index (χ4v) is 7.59. The van der Waals surface area contributed by atoms with Crippen LogP contribution >= 0.6 is 0 Å². The molecule has 0 aromatic rings. The predicted octanol–water partition coefficient (Wildman–Crippen LogP) is 13.1. The number of hydrogen-bond acceptors (Lipinski definition) is 7. The lowest BCUT2D eigenvalue weighted by atomic mass is 10.0. The van der Waals surface area contributed by atoms with Crippen molar-refractivity contribution in [2.75, 3.05) is 41.0 Å². The number of hydrogen-bond donors (Lipinski definition) is 0. The predicted molar refractivity (Wildman–Crippen MR) is 250 cm³/mol. The zero-order valence-corrected chi connectivity index (χ0v) is 40.1. The molecule has 0 amide bonds. The summed E-state index contributed by atoms with van der Waals surface area (Å²) in [6.07, 6.45) is 49.3. The van der Waals surface area contributed by atoms with Gasteiger partial charge in [-0.05, 0) is 64.2 Å². The van der Waals surface area contributed by atoms with Crippen molar-refractivity contribution in [3.63, 3.8) is 0 Å². The molecular weight excluding hydrogens is 751 g/mol. The molecule has 2 unspecified atom stereocenters. The first-order valence-electron chi connectivity index (χ1n) is 25.4. The summed E-state index contributed by atoms with van der Waals surface area (Å²) in [5, 5.41) is 11.6. The van der Waals surface area contributed by atoms with Crippen LogP contribution < -0.4 is 5.11 Å². The highest BCUT2D eigenvalue weighted by Crippen LogP contribution is 2.15. The lowest BCUT2D eigenvalue weighted by Gasteiger charge is -2.34. The first-order valence-corrected chi connectivity index (χ1v) is 25.4. The zero-order valence-electron chi connectivity index (χ0n) is 40.1. The van der Waals surface area contributed by atoms with Gasteiger partial charge in [0, 0.05) is 19.3 Å². The number of aliphatic carboxylic acids is 1. The van der Waals surface area contributed by atoms with Crippen molar-refractivity contribution in [3.05, 3.63) is 24.3 Å². The summed E-state index contributed by atoms with van der Waals surface area (Å²) in [4.78, 5) is 37.0. The number of nitrogens with zero attached hydrogens (tertiary/aromatic N) is 1. The molecule has 0 aliphatic carbocycles. The molecule has 0 radical (unpaired) electrons. The largest absolute Gasteiger partial charge is 0.544 e. The lowest BCUT2D eigenvalue weighted by molar-refractivity contribution is -0.889. The first-order chi connectivity index (χ1) is 29.1. The van der Waals surface area contributed by atoms with Crippen molar-refractivity contribution in [1.82, 2.24) is 0 Å². The van der Waals surface area contributed by atoms with Crippen LogP contribution in [0.2, 0.25) is 0 Å². The Morgan fingerprint density at radius 3 is 1.22 bits per heavy atom. The third-order valence-corrected chi connectivity index (χ3v) is 11.6. The Hall–Kier alpha value is -2.19. The maximum absolute atomic E-state index is 12.7. The molecule has 0 spiro atoms. The second kappa shape index (κ2) is 43.5. The Labute approximate surface area is 371 Å². The Balaban J connectivity index is 4.21. The summed E-state index contributed by atoms with van der Waals surface area (Å²) in [7, 11) is 5.41. The highest BCUT2D eigenvalue weighted by atomic mass is 16.6. The van der Waals surface area contributed by atoms with Crippen molar-refractivity contribution in [2.45, 2.75) is 251 Å². The van der Waals surface area contributed by atoms with E-state index >= 15 is 0 Å². The number of carbonyl (C=O) groups excluding carboxylic acids is 3. The van der Waals surface area contributed by atoms with E-state index in [1.54, 1.807) is 21.1 Å². The summed E-state index contributed by atoms with van der Waals surface area (Å²) >= 11 is 0. The number of carbonyl (C=O) groups is 3. The summed E-state index contributed by atoms with van der Waals surface area (Å²) in [5.41, 5.74) is 0. The van der Waals surface area contributed by atoms with Crippen LogP contribution in [-0.4, -0.2) is 75.5 Å². The van der Waals surface area contributed by atoms with Crippen LogP contribution in [0.3, 0.4) is 0 Å². The van der Waals surface area contributed by atoms with Gasteiger partial charge in [0.2, 0.25) is 0 Å². The van der Waals surface area contributed by atoms with Crippen molar-refractivity contribution >= 4 is 17.9 Å². The normalized spacial score (nSPS) is 13.0. The fraction of sp³-hybridized carbons (Fsp3) is 0.865. The van der Waals surface area contributed by atoms with Crippen molar-refractivity contribution in [2.24, 2.45) is 0 Å². The van der Waals surface area contributed by atoms with E-state index < -0.39 is 18.1 Å². The zero-order chi connectivity index (χ0) is 44.2. The molecule has 352 valence electrons. The molecule has 0 N–H and O–H groups in total. The van der Waals surface area contributed by atoms with Crippen LogP contribution in [0.25, 0.3) is 0 Å². The Kier molecular flexibility index (Phi) is 41.9. The topological polar surface area (TPSA) is 102 Å². The highest BCUT2D eigenvalue weighted by Gasteiger charge is 2.25. The van der Waals surface area contributed by atoms with E-state index in [2.05, 4.69) is 38.2 Å². The van der Waals surface area contributed by atoms with Crippen molar-refractivity contribution < 1.29 is 38.2 Å². The van der Waals surface area contributed by atoms with Gasteiger partial charge >= 0.3 is 11.9 Å². The van der Waals surface area contributed by atoms with Crippen molar-refractivity contribution in [1.29, 1.82) is 0 Å². The number of quaternary nitrogens is 1. The summed E-state index contributed by atoms with van der Waals surface area (Å²) < 4.78 is 17.2. The van der Waals surface area contributed by atoms with Gasteiger partial charge in [-0.2, -0.15) is 0 Å². The molecule has 60 heavy (non-hydrogen) atoms. The van der Waals surface area contributed by atoms with Gasteiger partial charge < -0.3 is 28.6 Å². The molecular formula is C52H97NO7. The smallest absolute Gasteiger partial charge is 0.306 e. The SMILES string of the molecule is CCCCCCCCC/C=C/CCCCCC(=O)OC(COCCC(C(=O)[O-])[N+](C)(C)C)COC(=O)CCCCCCCCC/C=C/CCCCCCCCCCCCC. The molecule has 0 rings (SSSR count). The van der Waals surface area contributed by atoms with Crippen LogP contribution in [0.5, 0.6) is 0 Å². The van der Waals surface area contributed by atoms with Crippen molar-refractivity contribution in [3.8, 4) is 0 Å². The number of ether oxygens (including phenoxy) is 3. The molecule has 2 atom stereocenters. The molecule has 0 aromatic carbocycles. The van der Waals surface area contributed by atoms with E-state index in [1.165, 1.54) is 154 Å². The minimum Gasteiger partial charge on any atom is -0.544 e. The van der Waals surface area contributed by atoms with Gasteiger partial charge in [0.1, 0.15) is 12.6 Å². The van der Waals surface area contributed by atoms with E-state index in [-0.39, 0.29) is 42.7 Å². The van der Waals surface area contributed by atoms with Crippen LogP contribution in [0, 0.1) is 0 Å². The quantitative estimate of drug-likeness (QED) is 0.0260. The fourth-order valence-electron chi connectivity index (χ4n) is 7.59. The number of carboxylic acid groups (broad SMARTS) is 1. The van der Waals surface area contributed by atoms with Gasteiger partial charge in [0.25, 0.3) is 0 Å². The third kappa shape index (κ3) is 41.2. The van der Waals surface area contributed by atoms with Crippen LogP contribution in [-0.2, 0) is 28.6 Å². The van der Waals surface area contributed by atoms with Gasteiger partial charge in [-0.25, -0.2) is 0 Å². The molecule has 0 saturated carbocycles. The first kappa shape index (κ1) is 57.8. The third-order valence-electron chi connectivity index (χ3n) is 11.6. The van der Waals surface area contributed by atoms with E-state index in [9.17, 15) is 19.5 Å². The minimum atomic E-state index is -1.13.